The van der Waals surface area contributed by atoms with Gasteiger partial charge in [0.05, 0.1) is 5.56 Å². The largest absolute Gasteiger partial charge is 0.416 e. The van der Waals surface area contributed by atoms with Gasteiger partial charge in [0.2, 0.25) is 5.91 Å². The Morgan fingerprint density at radius 3 is 2.48 bits per heavy atom. The van der Waals surface area contributed by atoms with Crippen molar-refractivity contribution in [1.29, 1.82) is 0 Å². The molecular formula is C20H24ClF3N2O. The Labute approximate surface area is 163 Å². The highest BCUT2D eigenvalue weighted by molar-refractivity contribution is 5.92. The number of alkyl halides is 3. The van der Waals surface area contributed by atoms with E-state index in [1.807, 2.05) is 31.2 Å². The standard InChI is InChI=1S/C20H23F3N2O.ClH/c1-3-24-13-16-7-4-5-10-18(16)25-19(26)11-14(2)15-8-6-9-17(12-15)20(21,22)23;/h4-10,12,14,24H,3,11,13H2,1-2H3,(H,25,26);1H. The Hall–Kier alpha value is -2.05. The fourth-order valence-corrected chi connectivity index (χ4v) is 2.67. The van der Waals surface area contributed by atoms with E-state index in [4.69, 9.17) is 0 Å². The maximum Gasteiger partial charge on any atom is 0.416 e. The lowest BCUT2D eigenvalue weighted by atomic mass is 9.95. The molecule has 0 aliphatic carbocycles. The monoisotopic (exact) mass is 400 g/mol. The SMILES string of the molecule is CCNCc1ccccc1NC(=O)CC(C)c1cccc(C(F)(F)F)c1.Cl. The van der Waals surface area contributed by atoms with Crippen LogP contribution in [-0.4, -0.2) is 12.5 Å². The van der Waals surface area contributed by atoms with Gasteiger partial charge in [0.25, 0.3) is 0 Å². The topological polar surface area (TPSA) is 41.1 Å². The highest BCUT2D eigenvalue weighted by Crippen LogP contribution is 2.31. The van der Waals surface area contributed by atoms with Crippen molar-refractivity contribution in [3.05, 3.63) is 65.2 Å². The summed E-state index contributed by atoms with van der Waals surface area (Å²) in [7, 11) is 0. The lowest BCUT2D eigenvalue weighted by molar-refractivity contribution is -0.137. The second-order valence-corrected chi connectivity index (χ2v) is 6.21. The number of carbonyl (C=O) groups is 1. The van der Waals surface area contributed by atoms with Crippen molar-refractivity contribution in [1.82, 2.24) is 5.32 Å². The number of hydrogen-bond donors (Lipinski definition) is 2. The van der Waals surface area contributed by atoms with Crippen molar-refractivity contribution in [3.63, 3.8) is 0 Å². The summed E-state index contributed by atoms with van der Waals surface area (Å²) in [5, 5.41) is 6.07. The summed E-state index contributed by atoms with van der Waals surface area (Å²) in [6, 6.07) is 12.6. The third kappa shape index (κ3) is 6.88. The minimum atomic E-state index is -4.39. The Balaban J connectivity index is 0.00000364. The van der Waals surface area contributed by atoms with Crippen molar-refractivity contribution in [2.24, 2.45) is 0 Å². The number of benzene rings is 2. The van der Waals surface area contributed by atoms with Crippen LogP contribution in [-0.2, 0) is 17.5 Å². The summed E-state index contributed by atoms with van der Waals surface area (Å²) in [5.41, 5.74) is 1.48. The van der Waals surface area contributed by atoms with Crippen LogP contribution in [0.25, 0.3) is 0 Å². The quantitative estimate of drug-likeness (QED) is 0.656. The summed E-state index contributed by atoms with van der Waals surface area (Å²) in [6.45, 7) is 5.20. The molecule has 27 heavy (non-hydrogen) atoms. The molecule has 2 rings (SSSR count). The fourth-order valence-electron chi connectivity index (χ4n) is 2.67. The molecule has 1 unspecified atom stereocenters. The number of para-hydroxylation sites is 1. The Kier molecular flexibility index (Phi) is 8.79. The number of halogens is 4. The van der Waals surface area contributed by atoms with Crippen molar-refractivity contribution in [2.45, 2.75) is 38.9 Å². The number of nitrogens with one attached hydrogen (secondary N) is 2. The first kappa shape index (κ1) is 23.0. The van der Waals surface area contributed by atoms with E-state index in [2.05, 4.69) is 10.6 Å². The average Bonchev–Trinajstić information content (AvgIpc) is 2.60. The zero-order chi connectivity index (χ0) is 19.2. The number of hydrogen-bond acceptors (Lipinski definition) is 2. The third-order valence-electron chi connectivity index (χ3n) is 4.13. The van der Waals surface area contributed by atoms with Gasteiger partial charge >= 0.3 is 6.18 Å². The summed E-state index contributed by atoms with van der Waals surface area (Å²) in [4.78, 5) is 12.4. The highest BCUT2D eigenvalue weighted by atomic mass is 35.5. The van der Waals surface area contributed by atoms with E-state index in [1.54, 1.807) is 13.0 Å². The molecule has 0 aromatic heterocycles. The molecule has 0 aliphatic heterocycles. The molecule has 1 amide bonds. The summed E-state index contributed by atoms with van der Waals surface area (Å²) >= 11 is 0. The first-order chi connectivity index (χ1) is 12.3. The van der Waals surface area contributed by atoms with Crippen LogP contribution in [0.5, 0.6) is 0 Å². The molecule has 3 nitrogen and oxygen atoms in total. The second kappa shape index (κ2) is 10.3. The minimum Gasteiger partial charge on any atom is -0.326 e. The Morgan fingerprint density at radius 2 is 1.81 bits per heavy atom. The molecule has 0 aliphatic rings. The van der Waals surface area contributed by atoms with E-state index in [9.17, 15) is 18.0 Å². The van der Waals surface area contributed by atoms with Crippen molar-refractivity contribution >= 4 is 24.0 Å². The predicted octanol–water partition coefficient (Wildman–Crippen LogP) is 5.37. The first-order valence-corrected chi connectivity index (χ1v) is 8.57. The lowest BCUT2D eigenvalue weighted by Crippen LogP contribution is -2.18. The van der Waals surface area contributed by atoms with Gasteiger partial charge in [-0.25, -0.2) is 0 Å². The first-order valence-electron chi connectivity index (χ1n) is 8.57. The van der Waals surface area contributed by atoms with Gasteiger partial charge in [-0.3, -0.25) is 4.79 Å². The molecule has 0 spiro atoms. The molecule has 2 aromatic carbocycles. The minimum absolute atomic E-state index is 0. The number of rotatable bonds is 7. The van der Waals surface area contributed by atoms with Crippen LogP contribution in [0, 0.1) is 0 Å². The van der Waals surface area contributed by atoms with Gasteiger partial charge in [-0.05, 0) is 35.7 Å². The Morgan fingerprint density at radius 1 is 1.11 bits per heavy atom. The summed E-state index contributed by atoms with van der Waals surface area (Å²) < 4.78 is 38.5. The maximum atomic E-state index is 12.8. The van der Waals surface area contributed by atoms with Crippen LogP contribution >= 0.6 is 12.4 Å². The number of amides is 1. The number of anilines is 1. The third-order valence-corrected chi connectivity index (χ3v) is 4.13. The van der Waals surface area contributed by atoms with Crippen molar-refractivity contribution in [2.75, 3.05) is 11.9 Å². The molecule has 0 bridgehead atoms. The molecular weight excluding hydrogens is 377 g/mol. The van der Waals surface area contributed by atoms with Gasteiger partial charge in [-0.15, -0.1) is 12.4 Å². The normalized spacial score (nSPS) is 12.2. The van der Waals surface area contributed by atoms with E-state index in [1.165, 1.54) is 6.07 Å². The highest BCUT2D eigenvalue weighted by Gasteiger charge is 2.30. The van der Waals surface area contributed by atoms with Crippen LogP contribution < -0.4 is 10.6 Å². The van der Waals surface area contributed by atoms with Crippen molar-refractivity contribution < 1.29 is 18.0 Å². The zero-order valence-corrected chi connectivity index (χ0v) is 16.1. The van der Waals surface area contributed by atoms with E-state index >= 15 is 0 Å². The molecule has 0 heterocycles. The summed E-state index contributed by atoms with van der Waals surface area (Å²) in [5.74, 6) is -0.544. The zero-order valence-electron chi connectivity index (χ0n) is 15.3. The molecule has 0 radical (unpaired) electrons. The van der Waals surface area contributed by atoms with Gasteiger partial charge < -0.3 is 10.6 Å². The average molecular weight is 401 g/mol. The summed E-state index contributed by atoms with van der Waals surface area (Å²) in [6.07, 6.45) is -4.28. The molecule has 2 N–H and O–H groups in total. The fraction of sp³-hybridized carbons (Fsp3) is 0.350. The maximum absolute atomic E-state index is 12.8. The van der Waals surface area contributed by atoms with E-state index in [0.717, 1.165) is 29.9 Å². The van der Waals surface area contributed by atoms with Crippen molar-refractivity contribution in [3.8, 4) is 0 Å². The smallest absolute Gasteiger partial charge is 0.326 e. The molecule has 1 atom stereocenters. The molecule has 0 saturated carbocycles. The molecule has 0 saturated heterocycles. The lowest BCUT2D eigenvalue weighted by Gasteiger charge is -2.16. The van der Waals surface area contributed by atoms with Crippen LogP contribution in [0.15, 0.2) is 48.5 Å². The second-order valence-electron chi connectivity index (χ2n) is 6.21. The van der Waals surface area contributed by atoms with E-state index in [0.29, 0.717) is 12.1 Å². The van der Waals surface area contributed by atoms with Gasteiger partial charge in [-0.2, -0.15) is 13.2 Å². The van der Waals surface area contributed by atoms with Crippen LogP contribution in [0.4, 0.5) is 18.9 Å². The molecule has 148 valence electrons. The molecule has 7 heteroatoms. The predicted molar refractivity (Wildman–Crippen MR) is 104 cm³/mol. The van der Waals surface area contributed by atoms with Gasteiger partial charge in [0.15, 0.2) is 0 Å². The molecule has 2 aromatic rings. The Bertz CT molecular complexity index is 750. The van der Waals surface area contributed by atoms with Crippen LogP contribution in [0.2, 0.25) is 0 Å². The van der Waals surface area contributed by atoms with Gasteiger partial charge in [-0.1, -0.05) is 50.2 Å². The van der Waals surface area contributed by atoms with Crippen LogP contribution in [0.1, 0.15) is 42.9 Å². The van der Waals surface area contributed by atoms with E-state index < -0.39 is 11.7 Å². The molecule has 0 fully saturated rings. The van der Waals surface area contributed by atoms with Gasteiger partial charge in [0, 0.05) is 18.7 Å². The van der Waals surface area contributed by atoms with Crippen LogP contribution in [0.3, 0.4) is 0 Å². The van der Waals surface area contributed by atoms with E-state index in [-0.39, 0.29) is 30.7 Å². The number of carbonyl (C=O) groups excluding carboxylic acids is 1. The van der Waals surface area contributed by atoms with Gasteiger partial charge in [0.1, 0.15) is 0 Å².